The fourth-order valence-electron chi connectivity index (χ4n) is 2.65. The summed E-state index contributed by atoms with van der Waals surface area (Å²) < 4.78 is 20.8. The van der Waals surface area contributed by atoms with Crippen LogP contribution in [0.3, 0.4) is 0 Å². The monoisotopic (exact) mass is 395 g/mol. The number of ether oxygens (including phenoxy) is 1. The molecule has 0 saturated heterocycles. The van der Waals surface area contributed by atoms with Crippen molar-refractivity contribution in [1.82, 2.24) is 19.7 Å². The summed E-state index contributed by atoms with van der Waals surface area (Å²) in [6, 6.07) is 17.3. The Labute approximate surface area is 165 Å². The molecule has 0 aliphatic carbocycles. The number of rotatable bonds is 4. The molecule has 2 heterocycles. The molecule has 0 radical (unpaired) electrons. The third-order valence-electron chi connectivity index (χ3n) is 3.99. The molecule has 0 amide bonds. The van der Waals surface area contributed by atoms with Crippen molar-refractivity contribution in [2.45, 2.75) is 6.92 Å². The first-order chi connectivity index (χ1) is 13.5. The van der Waals surface area contributed by atoms with Gasteiger partial charge in [-0.2, -0.15) is 10.1 Å². The Bertz CT molecular complexity index is 1130. The highest BCUT2D eigenvalue weighted by Crippen LogP contribution is 2.33. The maximum absolute atomic E-state index is 13.4. The predicted octanol–water partition coefficient (Wildman–Crippen LogP) is 4.80. The van der Waals surface area contributed by atoms with E-state index in [-0.39, 0.29) is 22.5 Å². The lowest BCUT2D eigenvalue weighted by atomic mass is 10.2. The Kier molecular flexibility index (Phi) is 4.67. The van der Waals surface area contributed by atoms with Gasteiger partial charge in [0, 0.05) is 11.6 Å². The van der Waals surface area contributed by atoms with Crippen molar-refractivity contribution in [3.05, 3.63) is 77.5 Å². The van der Waals surface area contributed by atoms with Crippen LogP contribution in [0.5, 0.6) is 11.8 Å². The average molecular weight is 396 g/mol. The summed E-state index contributed by atoms with van der Waals surface area (Å²) in [5.74, 6) is 0.557. The number of hydrogen-bond acceptors (Lipinski definition) is 5. The molecule has 8 heteroatoms. The molecule has 0 spiro atoms. The Morgan fingerprint density at radius 2 is 1.75 bits per heavy atom. The standard InChI is InChI=1S/C20H15ClFN5O/c1-12-24-19(21)18(23)20(25-12)28-17-11-16(13-5-3-2-4-6-13)26-27(17)15-9-7-14(22)8-10-15/h2-11H,23H2,1H3. The molecule has 2 aromatic heterocycles. The van der Waals surface area contributed by atoms with Gasteiger partial charge in [-0.1, -0.05) is 41.9 Å². The summed E-state index contributed by atoms with van der Waals surface area (Å²) in [5, 5.41) is 4.71. The molecule has 6 nitrogen and oxygen atoms in total. The Morgan fingerprint density at radius 1 is 1.04 bits per heavy atom. The van der Waals surface area contributed by atoms with Crippen LogP contribution in [0.15, 0.2) is 60.7 Å². The van der Waals surface area contributed by atoms with Gasteiger partial charge >= 0.3 is 0 Å². The number of halogens is 2. The largest absolute Gasteiger partial charge is 0.418 e. The maximum Gasteiger partial charge on any atom is 0.249 e. The van der Waals surface area contributed by atoms with Gasteiger partial charge in [0.2, 0.25) is 11.8 Å². The summed E-state index contributed by atoms with van der Waals surface area (Å²) >= 11 is 6.04. The number of aryl methyl sites for hydroxylation is 1. The molecule has 0 atom stereocenters. The smallest absolute Gasteiger partial charge is 0.249 e. The van der Waals surface area contributed by atoms with Gasteiger partial charge in [-0.05, 0) is 31.2 Å². The zero-order valence-electron chi connectivity index (χ0n) is 14.8. The van der Waals surface area contributed by atoms with E-state index in [1.54, 1.807) is 29.8 Å². The molecule has 0 aliphatic rings. The Hall–Kier alpha value is -3.45. The number of nitrogens with zero attached hydrogens (tertiary/aromatic N) is 4. The van der Waals surface area contributed by atoms with E-state index in [0.29, 0.717) is 23.1 Å². The van der Waals surface area contributed by atoms with Gasteiger partial charge < -0.3 is 10.5 Å². The van der Waals surface area contributed by atoms with Crippen LogP contribution < -0.4 is 10.5 Å². The van der Waals surface area contributed by atoms with Crippen LogP contribution >= 0.6 is 11.6 Å². The van der Waals surface area contributed by atoms with E-state index in [0.717, 1.165) is 5.56 Å². The van der Waals surface area contributed by atoms with E-state index in [1.165, 1.54) is 12.1 Å². The minimum atomic E-state index is -0.343. The van der Waals surface area contributed by atoms with Crippen LogP contribution in [0.2, 0.25) is 5.15 Å². The SMILES string of the molecule is Cc1nc(Cl)c(N)c(Oc2cc(-c3ccccc3)nn2-c2ccc(F)cc2)n1. The summed E-state index contributed by atoms with van der Waals surface area (Å²) in [6.07, 6.45) is 0. The first-order valence-corrected chi connectivity index (χ1v) is 8.78. The number of nitrogen functional groups attached to an aromatic ring is 1. The van der Waals surface area contributed by atoms with Gasteiger partial charge in [-0.25, -0.2) is 14.1 Å². The number of nitrogens with two attached hydrogens (primary N) is 1. The van der Waals surface area contributed by atoms with Crippen LogP contribution in [0.4, 0.5) is 10.1 Å². The van der Waals surface area contributed by atoms with Crippen LogP contribution in [0.25, 0.3) is 16.9 Å². The molecule has 2 aromatic carbocycles. The molecule has 4 aromatic rings. The molecule has 4 rings (SSSR count). The summed E-state index contributed by atoms with van der Waals surface area (Å²) in [5.41, 5.74) is 8.29. The molecule has 0 bridgehead atoms. The molecule has 140 valence electrons. The molecular formula is C20H15ClFN5O. The second-order valence-electron chi connectivity index (χ2n) is 6.00. The highest BCUT2D eigenvalue weighted by Gasteiger charge is 2.17. The lowest BCUT2D eigenvalue weighted by molar-refractivity contribution is 0.428. The van der Waals surface area contributed by atoms with Crippen LogP contribution in [0.1, 0.15) is 5.82 Å². The summed E-state index contributed by atoms with van der Waals surface area (Å²) in [6.45, 7) is 1.69. The van der Waals surface area contributed by atoms with Gasteiger partial charge in [0.1, 0.15) is 17.3 Å². The highest BCUT2D eigenvalue weighted by atomic mass is 35.5. The van der Waals surface area contributed by atoms with Gasteiger partial charge in [0.25, 0.3) is 0 Å². The van der Waals surface area contributed by atoms with E-state index in [4.69, 9.17) is 22.1 Å². The van der Waals surface area contributed by atoms with E-state index < -0.39 is 0 Å². The first kappa shape index (κ1) is 17.9. The molecule has 2 N–H and O–H groups in total. The third kappa shape index (κ3) is 3.52. The topological polar surface area (TPSA) is 78.9 Å². The molecule has 0 fully saturated rings. The van der Waals surface area contributed by atoms with E-state index in [9.17, 15) is 4.39 Å². The van der Waals surface area contributed by atoms with Gasteiger partial charge in [-0.15, -0.1) is 0 Å². The number of aromatic nitrogens is 4. The minimum absolute atomic E-state index is 0.110. The van der Waals surface area contributed by atoms with E-state index >= 15 is 0 Å². The van der Waals surface area contributed by atoms with Crippen LogP contribution in [-0.2, 0) is 0 Å². The zero-order valence-corrected chi connectivity index (χ0v) is 15.6. The molecule has 28 heavy (non-hydrogen) atoms. The third-order valence-corrected chi connectivity index (χ3v) is 4.28. The van der Waals surface area contributed by atoms with Gasteiger partial charge in [0.05, 0.1) is 11.4 Å². The average Bonchev–Trinajstić information content (AvgIpc) is 3.11. The van der Waals surface area contributed by atoms with E-state index in [1.807, 2.05) is 30.3 Å². The quantitative estimate of drug-likeness (QED) is 0.502. The summed E-state index contributed by atoms with van der Waals surface area (Å²) in [4.78, 5) is 8.22. The van der Waals surface area contributed by atoms with Crippen molar-refractivity contribution in [1.29, 1.82) is 0 Å². The fraction of sp³-hybridized carbons (Fsp3) is 0.0500. The van der Waals surface area contributed by atoms with Crippen molar-refractivity contribution in [2.75, 3.05) is 5.73 Å². The second-order valence-corrected chi connectivity index (χ2v) is 6.36. The van der Waals surface area contributed by atoms with Crippen LogP contribution in [-0.4, -0.2) is 19.7 Å². The van der Waals surface area contributed by atoms with Crippen molar-refractivity contribution in [2.24, 2.45) is 0 Å². The lowest BCUT2D eigenvalue weighted by Gasteiger charge is -2.10. The van der Waals surface area contributed by atoms with Gasteiger partial charge in [-0.3, -0.25) is 0 Å². The first-order valence-electron chi connectivity index (χ1n) is 8.40. The van der Waals surface area contributed by atoms with Gasteiger partial charge in [0.15, 0.2) is 5.15 Å². The lowest BCUT2D eigenvalue weighted by Crippen LogP contribution is -2.04. The summed E-state index contributed by atoms with van der Waals surface area (Å²) in [7, 11) is 0. The van der Waals surface area contributed by atoms with Crippen molar-refractivity contribution in [3.8, 4) is 28.7 Å². The number of hydrogen-bond donors (Lipinski definition) is 1. The second kappa shape index (κ2) is 7.28. The van der Waals surface area contributed by atoms with Crippen molar-refractivity contribution >= 4 is 17.3 Å². The molecule has 0 aliphatic heterocycles. The molecule has 0 unspecified atom stereocenters. The molecule has 0 saturated carbocycles. The Balaban J connectivity index is 1.83. The minimum Gasteiger partial charge on any atom is -0.418 e. The normalized spacial score (nSPS) is 10.8. The highest BCUT2D eigenvalue weighted by molar-refractivity contribution is 6.32. The zero-order chi connectivity index (χ0) is 19.7. The Morgan fingerprint density at radius 3 is 2.46 bits per heavy atom. The van der Waals surface area contributed by atoms with Crippen LogP contribution in [0, 0.1) is 12.7 Å². The number of benzene rings is 2. The van der Waals surface area contributed by atoms with Crippen molar-refractivity contribution < 1.29 is 9.13 Å². The fourth-order valence-corrected chi connectivity index (χ4v) is 2.86. The predicted molar refractivity (Wildman–Crippen MR) is 105 cm³/mol. The van der Waals surface area contributed by atoms with E-state index in [2.05, 4.69) is 15.1 Å². The number of anilines is 1. The maximum atomic E-state index is 13.4. The molecular weight excluding hydrogens is 381 g/mol. The van der Waals surface area contributed by atoms with Crippen molar-refractivity contribution in [3.63, 3.8) is 0 Å².